The smallest absolute Gasteiger partial charge is 0.302 e. The van der Waals surface area contributed by atoms with E-state index in [-0.39, 0.29) is 18.4 Å². The number of carbonyl (C=O) groups excluding carboxylic acids is 2. The molecule has 0 amide bonds. The van der Waals surface area contributed by atoms with E-state index < -0.39 is 8.07 Å². The van der Waals surface area contributed by atoms with Crippen LogP contribution in [0.15, 0.2) is 11.6 Å². The third kappa shape index (κ3) is 11.2. The number of allylic oxidation sites excluding steroid dienone is 1. The molecular weight excluding hydrogens is 244 g/mol. The zero-order valence-electron chi connectivity index (χ0n) is 11.9. The Morgan fingerprint density at radius 2 is 1.78 bits per heavy atom. The van der Waals surface area contributed by atoms with Gasteiger partial charge in [0.1, 0.15) is 14.7 Å². The van der Waals surface area contributed by atoms with Crippen molar-refractivity contribution < 1.29 is 14.3 Å². The second-order valence-corrected chi connectivity index (χ2v) is 10.0. The van der Waals surface area contributed by atoms with Crippen molar-refractivity contribution in [3.8, 4) is 11.5 Å². The molecule has 0 aromatic carbocycles. The van der Waals surface area contributed by atoms with E-state index in [1.807, 2.05) is 13.0 Å². The minimum atomic E-state index is -1.46. The minimum Gasteiger partial charge on any atom is -0.462 e. The van der Waals surface area contributed by atoms with Gasteiger partial charge in [0.15, 0.2) is 0 Å². The van der Waals surface area contributed by atoms with Gasteiger partial charge in [-0.05, 0) is 25.3 Å². The van der Waals surface area contributed by atoms with E-state index in [2.05, 4.69) is 31.1 Å². The lowest BCUT2D eigenvalue weighted by Gasteiger charge is -2.03. The number of esters is 1. The van der Waals surface area contributed by atoms with Crippen LogP contribution in [0.5, 0.6) is 0 Å². The van der Waals surface area contributed by atoms with Crippen LogP contribution in [0.3, 0.4) is 0 Å². The van der Waals surface area contributed by atoms with Gasteiger partial charge in [0.25, 0.3) is 0 Å². The second-order valence-electron chi connectivity index (χ2n) is 5.28. The van der Waals surface area contributed by atoms with Gasteiger partial charge in [0.05, 0.1) is 0 Å². The molecule has 0 atom stereocenters. The van der Waals surface area contributed by atoms with E-state index >= 15 is 0 Å². The fraction of sp³-hybridized carbons (Fsp3) is 0.571. The normalized spacial score (nSPS) is 11.5. The van der Waals surface area contributed by atoms with Crippen molar-refractivity contribution in [2.75, 3.05) is 6.61 Å². The molecule has 100 valence electrons. The molecule has 0 fully saturated rings. The van der Waals surface area contributed by atoms with Gasteiger partial charge in [-0.3, -0.25) is 9.59 Å². The molecule has 0 heterocycles. The number of rotatable bonds is 5. The van der Waals surface area contributed by atoms with Crippen molar-refractivity contribution in [2.24, 2.45) is 0 Å². The Morgan fingerprint density at radius 1 is 1.17 bits per heavy atom. The summed E-state index contributed by atoms with van der Waals surface area (Å²) in [6.45, 7) is 9.89. The third-order valence-electron chi connectivity index (χ3n) is 2.04. The maximum Gasteiger partial charge on any atom is 0.302 e. The molecule has 3 nitrogen and oxygen atoms in total. The van der Waals surface area contributed by atoms with Gasteiger partial charge < -0.3 is 4.74 Å². The Labute approximate surface area is 111 Å². The highest BCUT2D eigenvalue weighted by molar-refractivity contribution is 6.84. The molecule has 0 aliphatic rings. The molecule has 4 heteroatoms. The van der Waals surface area contributed by atoms with Crippen LogP contribution in [0.4, 0.5) is 0 Å². The molecule has 0 unspecified atom stereocenters. The minimum absolute atomic E-state index is 0.0161. The first kappa shape index (κ1) is 16.7. The van der Waals surface area contributed by atoms with Crippen LogP contribution < -0.4 is 0 Å². The first-order valence-corrected chi connectivity index (χ1v) is 9.56. The lowest BCUT2D eigenvalue weighted by Crippen LogP contribution is -2.17. The average molecular weight is 266 g/mol. The summed E-state index contributed by atoms with van der Waals surface area (Å²) in [5, 5.41) is 0. The maximum absolute atomic E-state index is 11.5. The predicted octanol–water partition coefficient (Wildman–Crippen LogP) is 2.73. The molecule has 0 bridgehead atoms. The van der Waals surface area contributed by atoms with Gasteiger partial charge in [0.2, 0.25) is 5.78 Å². The van der Waals surface area contributed by atoms with Gasteiger partial charge in [-0.2, -0.15) is 0 Å². The Kier molecular flexibility index (Phi) is 7.29. The van der Waals surface area contributed by atoms with Gasteiger partial charge >= 0.3 is 5.97 Å². The molecular formula is C14H22O3Si. The van der Waals surface area contributed by atoms with Crippen LogP contribution in [-0.4, -0.2) is 26.4 Å². The lowest BCUT2D eigenvalue weighted by molar-refractivity contribution is -0.139. The van der Waals surface area contributed by atoms with E-state index in [1.165, 1.54) is 6.92 Å². The van der Waals surface area contributed by atoms with E-state index in [0.717, 1.165) is 5.57 Å². The first-order chi connectivity index (χ1) is 8.20. The van der Waals surface area contributed by atoms with E-state index in [1.54, 1.807) is 0 Å². The Hall–Kier alpha value is -1.34. The molecule has 0 aliphatic carbocycles. The molecule has 0 radical (unpaired) electrons. The van der Waals surface area contributed by atoms with Gasteiger partial charge in [-0.1, -0.05) is 25.2 Å². The largest absolute Gasteiger partial charge is 0.462 e. The van der Waals surface area contributed by atoms with Gasteiger partial charge in [-0.15, -0.1) is 5.54 Å². The number of carbonyl (C=O) groups is 2. The molecule has 0 aromatic rings. The quantitative estimate of drug-likeness (QED) is 0.332. The Balaban J connectivity index is 4.05. The fourth-order valence-electron chi connectivity index (χ4n) is 1.03. The molecule has 0 rings (SSSR count). The zero-order chi connectivity index (χ0) is 14.2. The van der Waals surface area contributed by atoms with Crippen LogP contribution in [0.2, 0.25) is 19.6 Å². The SMILES string of the molecule is CC(=O)OC/C=C(\C)CCC(=O)C#C[Si](C)(C)C. The standard InChI is InChI=1S/C14H22O3Si/c1-12(8-10-17-13(2)15)6-7-14(16)9-11-18(3,4)5/h8H,6-7,10H2,1-5H3/b12-8+. The maximum atomic E-state index is 11.5. The molecule has 18 heavy (non-hydrogen) atoms. The molecule has 0 saturated carbocycles. The predicted molar refractivity (Wildman–Crippen MR) is 75.8 cm³/mol. The first-order valence-electron chi connectivity index (χ1n) is 6.06. The summed E-state index contributed by atoms with van der Waals surface area (Å²) >= 11 is 0. The zero-order valence-corrected chi connectivity index (χ0v) is 12.9. The van der Waals surface area contributed by atoms with Crippen molar-refractivity contribution in [1.29, 1.82) is 0 Å². The Morgan fingerprint density at radius 3 is 2.28 bits per heavy atom. The number of hydrogen-bond donors (Lipinski definition) is 0. The van der Waals surface area contributed by atoms with Gasteiger partial charge in [-0.25, -0.2) is 0 Å². The van der Waals surface area contributed by atoms with Crippen LogP contribution >= 0.6 is 0 Å². The lowest BCUT2D eigenvalue weighted by atomic mass is 10.1. The van der Waals surface area contributed by atoms with Crippen LogP contribution in [0.1, 0.15) is 26.7 Å². The summed E-state index contributed by atoms with van der Waals surface area (Å²) in [4.78, 5) is 22.1. The molecule has 0 spiro atoms. The topological polar surface area (TPSA) is 43.4 Å². The fourth-order valence-corrected chi connectivity index (χ4v) is 1.55. The summed E-state index contributed by atoms with van der Waals surface area (Å²) < 4.78 is 4.79. The summed E-state index contributed by atoms with van der Waals surface area (Å²) in [6.07, 6.45) is 2.92. The summed E-state index contributed by atoms with van der Waals surface area (Å²) in [5.74, 6) is 2.40. The highest BCUT2D eigenvalue weighted by Gasteiger charge is 2.08. The van der Waals surface area contributed by atoms with Crippen LogP contribution in [-0.2, 0) is 14.3 Å². The molecule has 0 aliphatic heterocycles. The number of hydrogen-bond acceptors (Lipinski definition) is 3. The summed E-state index contributed by atoms with van der Waals surface area (Å²) in [5.41, 5.74) is 4.10. The van der Waals surface area contributed by atoms with Crippen molar-refractivity contribution in [2.45, 2.75) is 46.3 Å². The number of ether oxygens (including phenoxy) is 1. The van der Waals surface area contributed by atoms with E-state index in [4.69, 9.17) is 4.74 Å². The number of Topliss-reactive ketones (excluding diaryl/α,β-unsaturated/α-hetero) is 1. The van der Waals surface area contributed by atoms with E-state index in [0.29, 0.717) is 12.8 Å². The highest BCUT2D eigenvalue weighted by Crippen LogP contribution is 2.04. The number of ketones is 1. The van der Waals surface area contributed by atoms with Crippen molar-refractivity contribution in [3.63, 3.8) is 0 Å². The second kappa shape index (κ2) is 7.88. The van der Waals surface area contributed by atoms with Crippen molar-refractivity contribution in [3.05, 3.63) is 11.6 Å². The summed E-state index contributed by atoms with van der Waals surface area (Å²) in [7, 11) is -1.46. The summed E-state index contributed by atoms with van der Waals surface area (Å²) in [6, 6.07) is 0. The molecule has 0 N–H and O–H groups in total. The van der Waals surface area contributed by atoms with E-state index in [9.17, 15) is 9.59 Å². The van der Waals surface area contributed by atoms with Crippen molar-refractivity contribution in [1.82, 2.24) is 0 Å². The van der Waals surface area contributed by atoms with Crippen LogP contribution in [0.25, 0.3) is 0 Å². The monoisotopic (exact) mass is 266 g/mol. The molecule has 0 aromatic heterocycles. The van der Waals surface area contributed by atoms with Gasteiger partial charge in [0, 0.05) is 13.3 Å². The Bertz CT molecular complexity index is 391. The highest BCUT2D eigenvalue weighted by atomic mass is 28.3. The average Bonchev–Trinajstić information content (AvgIpc) is 2.22. The molecule has 0 saturated heterocycles. The van der Waals surface area contributed by atoms with Crippen molar-refractivity contribution >= 4 is 19.8 Å². The third-order valence-corrected chi connectivity index (χ3v) is 2.92. The van der Waals surface area contributed by atoms with Crippen LogP contribution in [0, 0.1) is 11.5 Å².